The molecule has 0 atom stereocenters. The molecule has 2 aromatic rings. The molecule has 112 valence electrons. The Bertz CT molecular complexity index is 706. The molecule has 0 aliphatic carbocycles. The molecule has 0 bridgehead atoms. The molecule has 0 aliphatic rings. The Morgan fingerprint density at radius 3 is 2.64 bits per heavy atom. The van der Waals surface area contributed by atoms with Gasteiger partial charge in [0.05, 0.1) is 16.7 Å². The molecule has 0 spiro atoms. The predicted octanol–water partition coefficient (Wildman–Crippen LogP) is 3.22. The largest absolute Gasteiger partial charge is 0.482 e. The average Bonchev–Trinajstić information content (AvgIpc) is 2.53. The zero-order valence-corrected chi connectivity index (χ0v) is 12.9. The van der Waals surface area contributed by atoms with E-state index < -0.39 is 0 Å². The first-order chi connectivity index (χ1) is 10.6. The van der Waals surface area contributed by atoms with E-state index in [2.05, 4.69) is 5.32 Å². The highest BCUT2D eigenvalue weighted by Crippen LogP contribution is 2.25. The van der Waals surface area contributed by atoms with E-state index in [-0.39, 0.29) is 12.5 Å². The molecular formula is C17H15ClN2O2. The molecule has 0 aliphatic heterocycles. The van der Waals surface area contributed by atoms with Crippen LogP contribution in [0.1, 0.15) is 16.7 Å². The number of amides is 1. The Balaban J connectivity index is 1.83. The number of carbonyl (C=O) groups excluding carboxylic acids is 1. The number of aryl methyl sites for hydroxylation is 1. The van der Waals surface area contributed by atoms with Crippen molar-refractivity contribution in [1.29, 1.82) is 5.26 Å². The lowest BCUT2D eigenvalue weighted by molar-refractivity contribution is -0.123. The van der Waals surface area contributed by atoms with Crippen LogP contribution >= 0.6 is 11.6 Å². The summed E-state index contributed by atoms with van der Waals surface area (Å²) in [6, 6.07) is 14.6. The Morgan fingerprint density at radius 1 is 1.27 bits per heavy atom. The quantitative estimate of drug-likeness (QED) is 0.921. The molecule has 0 saturated heterocycles. The number of nitrogens with one attached hydrogen (secondary N) is 1. The summed E-state index contributed by atoms with van der Waals surface area (Å²) >= 11 is 5.97. The van der Waals surface area contributed by atoms with Crippen molar-refractivity contribution < 1.29 is 9.53 Å². The van der Waals surface area contributed by atoms with Gasteiger partial charge in [-0.3, -0.25) is 4.79 Å². The fourth-order valence-corrected chi connectivity index (χ4v) is 2.02. The number of benzene rings is 2. The molecule has 0 radical (unpaired) electrons. The number of nitriles is 1. The molecule has 0 fully saturated rings. The summed E-state index contributed by atoms with van der Waals surface area (Å²) in [5, 5.41) is 11.8. The van der Waals surface area contributed by atoms with Crippen LogP contribution in [0.4, 0.5) is 0 Å². The zero-order valence-electron chi connectivity index (χ0n) is 12.1. The number of carbonyl (C=O) groups is 1. The minimum absolute atomic E-state index is 0.127. The number of hydrogen-bond acceptors (Lipinski definition) is 3. The van der Waals surface area contributed by atoms with Gasteiger partial charge in [0.2, 0.25) is 0 Å². The van der Waals surface area contributed by atoms with Crippen LogP contribution in [0.3, 0.4) is 0 Å². The van der Waals surface area contributed by atoms with Gasteiger partial charge in [-0.15, -0.1) is 0 Å². The number of rotatable bonds is 5. The summed E-state index contributed by atoms with van der Waals surface area (Å²) in [4.78, 5) is 11.8. The lowest BCUT2D eigenvalue weighted by Crippen LogP contribution is -2.28. The van der Waals surface area contributed by atoms with E-state index >= 15 is 0 Å². The van der Waals surface area contributed by atoms with Crippen molar-refractivity contribution in [2.75, 3.05) is 6.61 Å². The second-order valence-corrected chi connectivity index (χ2v) is 5.22. The fourth-order valence-electron chi connectivity index (χ4n) is 1.79. The number of nitrogens with zero attached hydrogens (tertiary/aromatic N) is 1. The van der Waals surface area contributed by atoms with Crippen LogP contribution in [0.5, 0.6) is 5.75 Å². The van der Waals surface area contributed by atoms with Gasteiger partial charge >= 0.3 is 0 Å². The van der Waals surface area contributed by atoms with Gasteiger partial charge in [-0.2, -0.15) is 5.26 Å². The summed E-state index contributed by atoms with van der Waals surface area (Å²) in [5.74, 6) is 0.146. The molecule has 5 heteroatoms. The third-order valence-electron chi connectivity index (χ3n) is 3.03. The van der Waals surface area contributed by atoms with Crippen LogP contribution in [0.15, 0.2) is 42.5 Å². The topological polar surface area (TPSA) is 62.1 Å². The summed E-state index contributed by atoms with van der Waals surface area (Å²) in [7, 11) is 0. The van der Waals surface area contributed by atoms with Crippen molar-refractivity contribution in [3.63, 3.8) is 0 Å². The van der Waals surface area contributed by atoms with Crippen LogP contribution in [-0.4, -0.2) is 12.5 Å². The second kappa shape index (κ2) is 7.48. The van der Waals surface area contributed by atoms with Gasteiger partial charge in [0.15, 0.2) is 6.61 Å². The molecule has 1 N–H and O–H groups in total. The van der Waals surface area contributed by atoms with Gasteiger partial charge < -0.3 is 10.1 Å². The molecule has 1 amide bonds. The van der Waals surface area contributed by atoms with Gasteiger partial charge in [0.1, 0.15) is 5.75 Å². The minimum atomic E-state index is -0.235. The van der Waals surface area contributed by atoms with Gasteiger partial charge in [0, 0.05) is 6.54 Å². The highest BCUT2D eigenvalue weighted by molar-refractivity contribution is 6.32. The molecule has 4 nitrogen and oxygen atoms in total. The van der Waals surface area contributed by atoms with E-state index in [0.717, 1.165) is 5.56 Å². The molecule has 2 aromatic carbocycles. The molecular weight excluding hydrogens is 300 g/mol. The van der Waals surface area contributed by atoms with E-state index in [0.29, 0.717) is 22.9 Å². The van der Waals surface area contributed by atoms with Crippen LogP contribution in [0, 0.1) is 18.3 Å². The maximum Gasteiger partial charge on any atom is 0.258 e. The van der Waals surface area contributed by atoms with Crippen molar-refractivity contribution in [2.45, 2.75) is 13.5 Å². The standard InChI is InChI=1S/C17H15ClN2O2/c1-12-2-4-13(5-3-12)10-20-17(21)11-22-16-7-6-14(9-19)8-15(16)18/h2-8H,10-11H2,1H3,(H,20,21). The first-order valence-electron chi connectivity index (χ1n) is 6.73. The van der Waals surface area contributed by atoms with Gasteiger partial charge in [-0.05, 0) is 30.7 Å². The Hall–Kier alpha value is -2.51. The molecule has 2 rings (SSSR count). The zero-order chi connectivity index (χ0) is 15.9. The Kier molecular flexibility index (Phi) is 5.40. The van der Waals surface area contributed by atoms with Crippen molar-refractivity contribution in [3.05, 3.63) is 64.2 Å². The molecule has 0 aromatic heterocycles. The average molecular weight is 315 g/mol. The van der Waals surface area contributed by atoms with E-state index in [4.69, 9.17) is 21.6 Å². The second-order valence-electron chi connectivity index (χ2n) is 4.81. The lowest BCUT2D eigenvalue weighted by atomic mass is 10.1. The maximum absolute atomic E-state index is 11.8. The van der Waals surface area contributed by atoms with Crippen molar-refractivity contribution in [2.24, 2.45) is 0 Å². The summed E-state index contributed by atoms with van der Waals surface area (Å²) in [6.07, 6.45) is 0. The van der Waals surface area contributed by atoms with Crippen LogP contribution in [0.25, 0.3) is 0 Å². The highest BCUT2D eigenvalue weighted by atomic mass is 35.5. The highest BCUT2D eigenvalue weighted by Gasteiger charge is 2.06. The van der Waals surface area contributed by atoms with E-state index in [9.17, 15) is 4.79 Å². The maximum atomic E-state index is 11.8. The molecule has 0 heterocycles. The summed E-state index contributed by atoms with van der Waals surface area (Å²) in [6.45, 7) is 2.33. The number of hydrogen-bond donors (Lipinski definition) is 1. The van der Waals surface area contributed by atoms with Crippen LogP contribution in [-0.2, 0) is 11.3 Å². The molecule has 0 saturated carbocycles. The van der Waals surface area contributed by atoms with Crippen molar-refractivity contribution >= 4 is 17.5 Å². The smallest absolute Gasteiger partial charge is 0.258 e. The van der Waals surface area contributed by atoms with Gasteiger partial charge in [-0.25, -0.2) is 0 Å². The molecule has 22 heavy (non-hydrogen) atoms. The lowest BCUT2D eigenvalue weighted by Gasteiger charge is -2.09. The SMILES string of the molecule is Cc1ccc(CNC(=O)COc2ccc(C#N)cc2Cl)cc1. The van der Waals surface area contributed by atoms with E-state index in [1.54, 1.807) is 12.1 Å². The Labute approximate surface area is 134 Å². The Morgan fingerprint density at radius 2 is 2.00 bits per heavy atom. The van der Waals surface area contributed by atoms with Gasteiger partial charge in [0.25, 0.3) is 5.91 Å². The van der Waals surface area contributed by atoms with Gasteiger partial charge in [-0.1, -0.05) is 41.4 Å². The normalized spacial score (nSPS) is 9.86. The van der Waals surface area contributed by atoms with Crippen molar-refractivity contribution in [1.82, 2.24) is 5.32 Å². The van der Waals surface area contributed by atoms with E-state index in [1.807, 2.05) is 37.3 Å². The minimum Gasteiger partial charge on any atom is -0.482 e. The first kappa shape index (κ1) is 15.9. The first-order valence-corrected chi connectivity index (χ1v) is 7.11. The number of ether oxygens (including phenoxy) is 1. The van der Waals surface area contributed by atoms with Crippen LogP contribution < -0.4 is 10.1 Å². The van der Waals surface area contributed by atoms with Crippen LogP contribution in [0.2, 0.25) is 5.02 Å². The summed E-state index contributed by atoms with van der Waals surface area (Å²) < 4.78 is 5.35. The number of halogens is 1. The fraction of sp³-hybridized carbons (Fsp3) is 0.176. The third-order valence-corrected chi connectivity index (χ3v) is 3.33. The van der Waals surface area contributed by atoms with Crippen molar-refractivity contribution in [3.8, 4) is 11.8 Å². The van der Waals surface area contributed by atoms with E-state index in [1.165, 1.54) is 11.6 Å². The summed E-state index contributed by atoms with van der Waals surface area (Å²) in [5.41, 5.74) is 2.64. The monoisotopic (exact) mass is 314 g/mol. The molecule has 0 unspecified atom stereocenters. The third kappa shape index (κ3) is 4.51. The predicted molar refractivity (Wildman–Crippen MR) is 84.7 cm³/mol.